The predicted octanol–water partition coefficient (Wildman–Crippen LogP) is 26.2. The van der Waals surface area contributed by atoms with Gasteiger partial charge in [0.05, 0.1) is 65.1 Å². The van der Waals surface area contributed by atoms with Gasteiger partial charge in [-0.15, -0.1) is 0 Å². The van der Waals surface area contributed by atoms with Gasteiger partial charge >= 0.3 is 29.8 Å². The molecule has 0 radical (unpaired) electrons. The minimum atomic E-state index is -0.175. The van der Waals surface area contributed by atoms with Gasteiger partial charge in [0.15, 0.2) is 0 Å². The number of carbonyl (C=O) groups is 5. The molecule has 0 rings (SSSR count). The molecular weight excluding hydrogens is 1360 g/mol. The largest absolute Gasteiger partial charge is 0.466 e. The van der Waals surface area contributed by atoms with E-state index >= 15 is 0 Å². The van der Waals surface area contributed by atoms with E-state index in [2.05, 4.69) is 54.6 Å². The van der Waals surface area contributed by atoms with Gasteiger partial charge in [0.1, 0.15) is 0 Å². The zero-order valence-electron chi connectivity index (χ0n) is 73.5. The Morgan fingerprint density at radius 1 is 0.174 bits per heavy atom. The van der Waals surface area contributed by atoms with Crippen LogP contribution in [0.25, 0.3) is 0 Å². The quantitative estimate of drug-likeness (QED) is 0.0349. The van der Waals surface area contributed by atoms with Gasteiger partial charge in [0, 0.05) is 32.7 Å². The maximum atomic E-state index is 13.3. The summed E-state index contributed by atoms with van der Waals surface area (Å²) >= 11 is 0. The van der Waals surface area contributed by atoms with Crippen molar-refractivity contribution in [3.8, 4) is 0 Å². The lowest BCUT2D eigenvalue weighted by molar-refractivity contribution is -0.146. The van der Waals surface area contributed by atoms with Crippen LogP contribution in [0.15, 0.2) is 0 Å². The zero-order chi connectivity index (χ0) is 79.0. The van der Waals surface area contributed by atoms with Crippen LogP contribution in [0.3, 0.4) is 0 Å². The van der Waals surface area contributed by atoms with Crippen molar-refractivity contribution in [1.82, 2.24) is 20.0 Å². The van der Waals surface area contributed by atoms with Crippen LogP contribution in [0.2, 0.25) is 0 Å². The van der Waals surface area contributed by atoms with E-state index in [4.69, 9.17) is 23.7 Å². The second-order valence-corrected chi connectivity index (χ2v) is 33.0. The van der Waals surface area contributed by atoms with Crippen molar-refractivity contribution < 1.29 is 47.7 Å². The molecule has 14 nitrogen and oxygen atoms in total. The molecule has 0 spiro atoms. The molecule has 0 aliphatic carbocycles. The Kier molecular flexibility index (Phi) is 88.4. The van der Waals surface area contributed by atoms with Crippen molar-refractivity contribution in [2.75, 3.05) is 105 Å². The summed E-state index contributed by atoms with van der Waals surface area (Å²) in [7, 11) is 0. The van der Waals surface area contributed by atoms with Crippen LogP contribution in [-0.2, 0) is 47.7 Å². The van der Waals surface area contributed by atoms with E-state index in [1.807, 2.05) is 0 Å². The van der Waals surface area contributed by atoms with Gasteiger partial charge in [0.2, 0.25) is 0 Å². The highest BCUT2D eigenvalue weighted by Crippen LogP contribution is 2.19. The first kappa shape index (κ1) is 106. The Hall–Kier alpha value is -2.81. The number of rotatable bonds is 93. The molecule has 646 valence electrons. The normalized spacial score (nSPS) is 11.6. The number of esters is 5. The maximum absolute atomic E-state index is 13.3. The molecule has 0 unspecified atom stereocenters. The van der Waals surface area contributed by atoms with Gasteiger partial charge in [-0.05, 0) is 97.1 Å². The molecule has 0 bridgehead atoms. The van der Waals surface area contributed by atoms with Crippen LogP contribution in [0.1, 0.15) is 478 Å². The summed E-state index contributed by atoms with van der Waals surface area (Å²) < 4.78 is 28.8. The molecule has 0 aromatic carbocycles. The van der Waals surface area contributed by atoms with Gasteiger partial charge < -0.3 is 43.7 Å². The van der Waals surface area contributed by atoms with Gasteiger partial charge in [0.25, 0.3) is 0 Å². The Bertz CT molecular complexity index is 1790. The summed E-state index contributed by atoms with van der Waals surface area (Å²) in [5, 5.41) is 3.68. The third-order valence-electron chi connectivity index (χ3n) is 22.3. The molecule has 0 amide bonds. The third-order valence-corrected chi connectivity index (χ3v) is 22.3. The van der Waals surface area contributed by atoms with E-state index < -0.39 is 0 Å². The third kappa shape index (κ3) is 85.9. The van der Waals surface area contributed by atoms with Crippen LogP contribution < -0.4 is 5.32 Å². The lowest BCUT2D eigenvalue weighted by atomic mass is 10.1. The van der Waals surface area contributed by atoms with Gasteiger partial charge in [-0.25, -0.2) is 0 Å². The zero-order valence-corrected chi connectivity index (χ0v) is 73.5. The molecule has 0 aromatic rings. The van der Waals surface area contributed by atoms with Crippen LogP contribution in [0.4, 0.5) is 0 Å². The lowest BCUT2D eigenvalue weighted by Crippen LogP contribution is -2.35. The molecule has 14 heteroatoms. The summed E-state index contributed by atoms with van der Waals surface area (Å²) in [5.74, 6) is -0.799. The fourth-order valence-corrected chi connectivity index (χ4v) is 14.9. The van der Waals surface area contributed by atoms with Crippen molar-refractivity contribution in [2.24, 2.45) is 0 Å². The van der Waals surface area contributed by atoms with E-state index in [0.29, 0.717) is 85.0 Å². The Balaban J connectivity index is 5.65. The van der Waals surface area contributed by atoms with Crippen molar-refractivity contribution in [3.05, 3.63) is 0 Å². The molecule has 0 aromatic heterocycles. The highest BCUT2D eigenvalue weighted by molar-refractivity contribution is 5.71. The monoisotopic (exact) mass is 1540 g/mol. The number of hydrogen-bond donors (Lipinski definition) is 1. The lowest BCUT2D eigenvalue weighted by Gasteiger charge is -2.25. The topological polar surface area (TPSA) is 153 Å². The van der Waals surface area contributed by atoms with Gasteiger partial charge in [-0.1, -0.05) is 388 Å². The van der Waals surface area contributed by atoms with Gasteiger partial charge in [-0.3, -0.25) is 24.0 Å². The minimum Gasteiger partial charge on any atom is -0.466 e. The first-order chi connectivity index (χ1) is 53.7. The van der Waals surface area contributed by atoms with Gasteiger partial charge in [-0.2, -0.15) is 0 Å². The highest BCUT2D eigenvalue weighted by atomic mass is 16.5. The molecule has 0 saturated heterocycles. The first-order valence-corrected chi connectivity index (χ1v) is 48.3. The standard InChI is InChI=1S/C95H186N4O10/c1-6-11-16-21-26-31-36-41-46-51-56-63-86-105-91(100)70-81-97(79-69-80-99(84-73-94(103)108-89-66-59-54-49-44-39-34-29-24-19-14-9-4)85-74-95(104)109-90-67-60-55-50-45-40-35-30-25-20-15-10-5)77-62-61-75-96-76-68-78-98(82-71-92(101)106-87-64-57-52-47-42-37-32-27-22-17-12-7-2)83-72-93(102)107-88-65-58-53-48-43-38-33-28-23-18-13-8-3/h96H,6-90H2,1-5H3. The van der Waals surface area contributed by atoms with Crippen molar-refractivity contribution in [1.29, 1.82) is 0 Å². The molecule has 0 fully saturated rings. The van der Waals surface area contributed by atoms with Crippen molar-refractivity contribution in [2.45, 2.75) is 478 Å². The SMILES string of the molecule is CCCCCCCCCCCCCCOC(=O)CCN(CCCCNCCCN(CCC(=O)OCCCCCCCCCCCCCC)CCC(=O)OCCCCCCCCCCCCCC)CCCN(CCC(=O)OCCCCCCCCCCCCCC)CCC(=O)OCCCCCCCCCCCCCC. The highest BCUT2D eigenvalue weighted by Gasteiger charge is 2.17. The fraction of sp³-hybridized carbons (Fsp3) is 0.947. The van der Waals surface area contributed by atoms with Crippen LogP contribution in [0.5, 0.6) is 0 Å². The fourth-order valence-electron chi connectivity index (χ4n) is 14.9. The average Bonchev–Trinajstić information content (AvgIpc) is 1.08. The summed E-state index contributed by atoms with van der Waals surface area (Å²) in [6.45, 7) is 21.3. The van der Waals surface area contributed by atoms with Crippen LogP contribution in [-0.4, -0.2) is 150 Å². The number of carbonyl (C=O) groups excluding carboxylic acids is 5. The maximum Gasteiger partial charge on any atom is 0.307 e. The van der Waals surface area contributed by atoms with Crippen LogP contribution in [0, 0.1) is 0 Å². The predicted molar refractivity (Wildman–Crippen MR) is 464 cm³/mol. The smallest absolute Gasteiger partial charge is 0.307 e. The molecule has 1 N–H and O–H groups in total. The number of hydrogen-bond acceptors (Lipinski definition) is 14. The van der Waals surface area contributed by atoms with Crippen molar-refractivity contribution >= 4 is 29.8 Å². The van der Waals surface area contributed by atoms with E-state index in [0.717, 1.165) is 129 Å². The Labute approximate surface area is 676 Å². The van der Waals surface area contributed by atoms with Crippen molar-refractivity contribution in [3.63, 3.8) is 0 Å². The summed E-state index contributed by atoms with van der Waals surface area (Å²) in [6.07, 6.45) is 81.2. The molecular formula is C95H186N4O10. The second kappa shape index (κ2) is 90.7. The number of unbranched alkanes of at least 4 members (excludes halogenated alkanes) is 56. The summed E-state index contributed by atoms with van der Waals surface area (Å²) in [6, 6.07) is 0. The minimum absolute atomic E-state index is 0.132. The average molecular weight is 1540 g/mol. The van der Waals surface area contributed by atoms with E-state index in [1.165, 1.54) is 321 Å². The number of ether oxygens (including phenoxy) is 5. The molecule has 0 aliphatic heterocycles. The molecule has 0 saturated carbocycles. The molecule has 109 heavy (non-hydrogen) atoms. The molecule has 0 aliphatic rings. The molecule has 0 heterocycles. The molecule has 0 atom stereocenters. The van der Waals surface area contributed by atoms with E-state index in [-0.39, 0.29) is 42.7 Å². The summed E-state index contributed by atoms with van der Waals surface area (Å²) in [5.41, 5.74) is 0. The van der Waals surface area contributed by atoms with E-state index in [9.17, 15) is 24.0 Å². The Morgan fingerprint density at radius 2 is 0.330 bits per heavy atom. The second-order valence-electron chi connectivity index (χ2n) is 33.0. The first-order valence-electron chi connectivity index (χ1n) is 48.3. The number of nitrogens with zero attached hydrogens (tertiary/aromatic N) is 3. The van der Waals surface area contributed by atoms with Crippen LogP contribution >= 0.6 is 0 Å². The van der Waals surface area contributed by atoms with E-state index in [1.54, 1.807) is 0 Å². The Morgan fingerprint density at radius 3 is 0.532 bits per heavy atom. The summed E-state index contributed by atoms with van der Waals surface area (Å²) in [4.78, 5) is 72.6. The number of nitrogens with one attached hydrogen (secondary N) is 1.